The molecule has 0 amide bonds. The molecule has 6 nitrogen and oxygen atoms in total. The van der Waals surface area contributed by atoms with Crippen LogP contribution in [0.4, 0.5) is 0 Å². The molecule has 0 saturated carbocycles. The number of aromatic nitrogens is 3. The molecule has 0 unspecified atom stereocenters. The van der Waals surface area contributed by atoms with Gasteiger partial charge in [0.25, 0.3) is 0 Å². The normalized spacial score (nSPS) is 10.2. The van der Waals surface area contributed by atoms with Crippen molar-refractivity contribution in [2.24, 2.45) is 4.99 Å². The number of nitrogens with zero attached hydrogens (tertiary/aromatic N) is 6. The monoisotopic (exact) mass is 272 g/mol. The van der Waals surface area contributed by atoms with Crippen molar-refractivity contribution >= 4 is 5.96 Å². The predicted molar refractivity (Wildman–Crippen MR) is 79.9 cm³/mol. The molecule has 0 aliphatic heterocycles. The Bertz CT molecular complexity index is 561. The molecular weight excluding hydrogens is 252 g/mol. The number of guanidine groups is 1. The summed E-state index contributed by atoms with van der Waals surface area (Å²) in [4.78, 5) is 12.9. The molecule has 0 bridgehead atoms. The van der Waals surface area contributed by atoms with Gasteiger partial charge in [0, 0.05) is 46.8 Å². The van der Waals surface area contributed by atoms with Crippen LogP contribution in [0.25, 0.3) is 5.82 Å². The topological polar surface area (TPSA) is 49.6 Å². The van der Waals surface area contributed by atoms with Crippen LogP contribution in [0.3, 0.4) is 0 Å². The summed E-state index contributed by atoms with van der Waals surface area (Å²) in [5, 5.41) is 4.18. The summed E-state index contributed by atoms with van der Waals surface area (Å²) in [6.07, 6.45) is 5.40. The van der Waals surface area contributed by atoms with E-state index < -0.39 is 0 Å². The van der Waals surface area contributed by atoms with Gasteiger partial charge in [0.15, 0.2) is 11.8 Å². The van der Waals surface area contributed by atoms with Gasteiger partial charge in [-0.2, -0.15) is 5.10 Å². The van der Waals surface area contributed by atoms with E-state index in [0.717, 1.165) is 17.3 Å². The zero-order valence-electron chi connectivity index (χ0n) is 12.4. The number of hydrogen-bond donors (Lipinski definition) is 0. The highest BCUT2D eigenvalue weighted by Crippen LogP contribution is 2.08. The Labute approximate surface area is 119 Å². The SMILES string of the molecule is CN(C)C(=NCc1ccnc(-n2cccn2)c1)N(C)C. The standard InChI is InChI=1S/C14H20N6/c1-18(2)14(19(3)4)16-11-12-6-8-15-13(10-12)20-9-5-7-17-20/h5-10H,11H2,1-4H3. The van der Waals surface area contributed by atoms with Gasteiger partial charge in [-0.05, 0) is 23.8 Å². The molecule has 0 N–H and O–H groups in total. The van der Waals surface area contributed by atoms with Crippen LogP contribution in [0.15, 0.2) is 41.8 Å². The van der Waals surface area contributed by atoms with Crippen LogP contribution in [0.2, 0.25) is 0 Å². The van der Waals surface area contributed by atoms with Crippen LogP contribution in [0.5, 0.6) is 0 Å². The lowest BCUT2D eigenvalue weighted by atomic mass is 10.2. The third kappa shape index (κ3) is 3.34. The van der Waals surface area contributed by atoms with Crippen LogP contribution in [-0.4, -0.2) is 58.7 Å². The van der Waals surface area contributed by atoms with Crippen molar-refractivity contribution in [3.8, 4) is 5.82 Å². The van der Waals surface area contributed by atoms with E-state index in [4.69, 9.17) is 0 Å². The fourth-order valence-electron chi connectivity index (χ4n) is 1.93. The molecule has 0 aromatic carbocycles. The molecule has 20 heavy (non-hydrogen) atoms. The maximum atomic E-state index is 4.63. The van der Waals surface area contributed by atoms with Gasteiger partial charge in [0.1, 0.15) is 0 Å². The van der Waals surface area contributed by atoms with E-state index in [1.165, 1.54) is 0 Å². The first-order chi connectivity index (χ1) is 9.58. The minimum absolute atomic E-state index is 0.614. The zero-order valence-corrected chi connectivity index (χ0v) is 12.4. The van der Waals surface area contributed by atoms with Gasteiger partial charge in [-0.15, -0.1) is 0 Å². The number of aliphatic imine (C=N–C) groups is 1. The Morgan fingerprint density at radius 1 is 1.20 bits per heavy atom. The van der Waals surface area contributed by atoms with Crippen LogP contribution < -0.4 is 0 Å². The third-order valence-electron chi connectivity index (χ3n) is 2.75. The lowest BCUT2D eigenvalue weighted by Crippen LogP contribution is -2.35. The largest absolute Gasteiger partial charge is 0.349 e. The Hall–Kier alpha value is -2.37. The van der Waals surface area contributed by atoms with E-state index in [-0.39, 0.29) is 0 Å². The summed E-state index contributed by atoms with van der Waals surface area (Å²) in [6, 6.07) is 5.85. The van der Waals surface area contributed by atoms with Crippen LogP contribution in [-0.2, 0) is 6.54 Å². The molecule has 2 heterocycles. The molecule has 2 aromatic heterocycles. The average Bonchev–Trinajstić information content (AvgIpc) is 2.92. The Morgan fingerprint density at radius 3 is 2.55 bits per heavy atom. The van der Waals surface area contributed by atoms with Gasteiger partial charge in [-0.25, -0.2) is 14.7 Å². The Kier molecular flexibility index (Phi) is 4.34. The average molecular weight is 272 g/mol. The quantitative estimate of drug-likeness (QED) is 0.623. The zero-order chi connectivity index (χ0) is 14.5. The van der Waals surface area contributed by atoms with Gasteiger partial charge in [-0.1, -0.05) is 0 Å². The maximum Gasteiger partial charge on any atom is 0.195 e. The molecule has 106 valence electrons. The van der Waals surface area contributed by atoms with E-state index in [2.05, 4.69) is 15.1 Å². The van der Waals surface area contributed by atoms with Crippen LogP contribution in [0.1, 0.15) is 5.56 Å². The summed E-state index contributed by atoms with van der Waals surface area (Å²) < 4.78 is 1.74. The van der Waals surface area contributed by atoms with Crippen molar-refractivity contribution in [2.75, 3.05) is 28.2 Å². The van der Waals surface area contributed by atoms with E-state index in [1.54, 1.807) is 17.1 Å². The van der Waals surface area contributed by atoms with Crippen molar-refractivity contribution < 1.29 is 0 Å². The summed E-state index contributed by atoms with van der Waals surface area (Å²) in [7, 11) is 7.95. The summed E-state index contributed by atoms with van der Waals surface area (Å²) in [5.74, 6) is 1.74. The van der Waals surface area contributed by atoms with Crippen molar-refractivity contribution in [2.45, 2.75) is 6.54 Å². The van der Waals surface area contributed by atoms with E-state index in [9.17, 15) is 0 Å². The maximum absolute atomic E-state index is 4.63. The summed E-state index contributed by atoms with van der Waals surface area (Å²) >= 11 is 0. The molecule has 0 aliphatic carbocycles. The molecule has 0 spiro atoms. The number of rotatable bonds is 3. The Morgan fingerprint density at radius 2 is 1.95 bits per heavy atom. The van der Waals surface area contributed by atoms with Gasteiger partial charge < -0.3 is 9.80 Å². The highest BCUT2D eigenvalue weighted by molar-refractivity contribution is 5.79. The lowest BCUT2D eigenvalue weighted by Gasteiger charge is -2.22. The highest BCUT2D eigenvalue weighted by Gasteiger charge is 2.04. The molecule has 0 fully saturated rings. The van der Waals surface area contributed by atoms with E-state index in [1.807, 2.05) is 62.4 Å². The fourth-order valence-corrected chi connectivity index (χ4v) is 1.93. The van der Waals surface area contributed by atoms with Crippen molar-refractivity contribution in [3.63, 3.8) is 0 Å². The van der Waals surface area contributed by atoms with Crippen molar-refractivity contribution in [1.82, 2.24) is 24.6 Å². The number of hydrogen-bond acceptors (Lipinski definition) is 3. The summed E-state index contributed by atoms with van der Waals surface area (Å²) in [5.41, 5.74) is 1.10. The van der Waals surface area contributed by atoms with Crippen molar-refractivity contribution in [3.05, 3.63) is 42.4 Å². The molecule has 0 atom stereocenters. The highest BCUT2D eigenvalue weighted by atomic mass is 15.3. The Balaban J connectivity index is 2.18. The van der Waals surface area contributed by atoms with Gasteiger partial charge in [0.05, 0.1) is 6.54 Å². The first kappa shape index (κ1) is 14.0. The van der Waals surface area contributed by atoms with Crippen molar-refractivity contribution in [1.29, 1.82) is 0 Å². The van der Waals surface area contributed by atoms with Gasteiger partial charge in [0.2, 0.25) is 0 Å². The van der Waals surface area contributed by atoms with E-state index in [0.29, 0.717) is 6.54 Å². The fraction of sp³-hybridized carbons (Fsp3) is 0.357. The molecule has 2 aromatic rings. The van der Waals surface area contributed by atoms with Gasteiger partial charge in [-0.3, -0.25) is 0 Å². The second-order valence-corrected chi connectivity index (χ2v) is 4.88. The molecular formula is C14H20N6. The van der Waals surface area contributed by atoms with E-state index >= 15 is 0 Å². The minimum Gasteiger partial charge on any atom is -0.349 e. The first-order valence-electron chi connectivity index (χ1n) is 6.42. The molecule has 0 aliphatic rings. The van der Waals surface area contributed by atoms with Gasteiger partial charge >= 0.3 is 0 Å². The molecule has 2 rings (SSSR count). The smallest absolute Gasteiger partial charge is 0.195 e. The third-order valence-corrected chi connectivity index (χ3v) is 2.75. The minimum atomic E-state index is 0.614. The lowest BCUT2D eigenvalue weighted by molar-refractivity contribution is 0.479. The second kappa shape index (κ2) is 6.18. The first-order valence-corrected chi connectivity index (χ1v) is 6.42. The summed E-state index contributed by atoms with van der Waals surface area (Å²) in [6.45, 7) is 0.614. The number of pyridine rings is 1. The molecule has 6 heteroatoms. The van der Waals surface area contributed by atoms with Crippen LogP contribution >= 0.6 is 0 Å². The molecule has 0 saturated heterocycles. The van der Waals surface area contributed by atoms with Crippen LogP contribution in [0, 0.1) is 0 Å². The second-order valence-electron chi connectivity index (χ2n) is 4.88. The molecule has 0 radical (unpaired) electrons. The predicted octanol–water partition coefficient (Wildman–Crippen LogP) is 1.25.